The number of piperidine rings is 1. The molecular weight excluding hydrogens is 246 g/mol. The third-order valence-corrected chi connectivity index (χ3v) is 4.81. The summed E-state index contributed by atoms with van der Waals surface area (Å²) in [6.07, 6.45) is 2.57. The SMILES string of the molecule is Cc1cc2ccccc2nc1N1CCN2CCC1CC2. The van der Waals surface area contributed by atoms with Crippen LogP contribution in [-0.4, -0.2) is 42.1 Å². The first-order valence-corrected chi connectivity index (χ1v) is 7.67. The van der Waals surface area contributed by atoms with Crippen molar-refractivity contribution in [1.29, 1.82) is 0 Å². The Morgan fingerprint density at radius 3 is 2.70 bits per heavy atom. The van der Waals surface area contributed by atoms with Crippen molar-refractivity contribution in [1.82, 2.24) is 9.88 Å². The fourth-order valence-corrected chi connectivity index (χ4v) is 3.67. The Bertz CT molecular complexity index is 629. The summed E-state index contributed by atoms with van der Waals surface area (Å²) in [5.41, 5.74) is 2.43. The zero-order valence-electron chi connectivity index (χ0n) is 12.0. The summed E-state index contributed by atoms with van der Waals surface area (Å²) < 4.78 is 0. The van der Waals surface area contributed by atoms with E-state index in [0.29, 0.717) is 6.04 Å². The molecule has 1 aromatic heterocycles. The highest BCUT2D eigenvalue weighted by molar-refractivity contribution is 5.81. The molecule has 3 heteroatoms. The minimum absolute atomic E-state index is 0.682. The summed E-state index contributed by atoms with van der Waals surface area (Å²) >= 11 is 0. The van der Waals surface area contributed by atoms with Crippen molar-refractivity contribution in [3.63, 3.8) is 0 Å². The van der Waals surface area contributed by atoms with Crippen molar-refractivity contribution in [2.45, 2.75) is 25.8 Å². The quantitative estimate of drug-likeness (QED) is 0.792. The van der Waals surface area contributed by atoms with Gasteiger partial charge in [0.2, 0.25) is 0 Å². The van der Waals surface area contributed by atoms with E-state index in [1.54, 1.807) is 0 Å². The third-order valence-electron chi connectivity index (χ3n) is 4.81. The highest BCUT2D eigenvalue weighted by Crippen LogP contribution is 2.29. The minimum atomic E-state index is 0.682. The largest absolute Gasteiger partial charge is 0.352 e. The van der Waals surface area contributed by atoms with E-state index >= 15 is 0 Å². The number of anilines is 1. The minimum Gasteiger partial charge on any atom is -0.352 e. The lowest BCUT2D eigenvalue weighted by Crippen LogP contribution is -2.38. The number of hydrogen-bond acceptors (Lipinski definition) is 3. The maximum absolute atomic E-state index is 4.96. The lowest BCUT2D eigenvalue weighted by molar-refractivity contribution is 0.250. The normalized spacial score (nSPS) is 25.9. The Morgan fingerprint density at radius 2 is 1.85 bits per heavy atom. The fraction of sp³-hybridized carbons (Fsp3) is 0.471. The number of aromatic nitrogens is 1. The number of benzene rings is 1. The third kappa shape index (κ3) is 1.97. The van der Waals surface area contributed by atoms with Gasteiger partial charge < -0.3 is 9.80 Å². The van der Waals surface area contributed by atoms with Crippen LogP contribution >= 0.6 is 0 Å². The van der Waals surface area contributed by atoms with Crippen LogP contribution in [0.15, 0.2) is 30.3 Å². The van der Waals surface area contributed by atoms with Crippen LogP contribution in [-0.2, 0) is 0 Å². The van der Waals surface area contributed by atoms with Gasteiger partial charge in [0, 0.05) is 37.6 Å². The molecule has 5 rings (SSSR count). The van der Waals surface area contributed by atoms with E-state index in [1.165, 1.54) is 49.2 Å². The van der Waals surface area contributed by atoms with Crippen LogP contribution in [0.5, 0.6) is 0 Å². The van der Waals surface area contributed by atoms with Crippen molar-refractivity contribution >= 4 is 16.7 Å². The maximum Gasteiger partial charge on any atom is 0.132 e. The van der Waals surface area contributed by atoms with Gasteiger partial charge in [0.15, 0.2) is 0 Å². The average molecular weight is 267 g/mol. The van der Waals surface area contributed by atoms with Crippen LogP contribution in [0.2, 0.25) is 0 Å². The molecule has 0 spiro atoms. The van der Waals surface area contributed by atoms with E-state index in [-0.39, 0.29) is 0 Å². The molecule has 3 fully saturated rings. The van der Waals surface area contributed by atoms with Crippen molar-refractivity contribution in [3.05, 3.63) is 35.9 Å². The van der Waals surface area contributed by atoms with Gasteiger partial charge >= 0.3 is 0 Å². The molecule has 2 aromatic rings. The van der Waals surface area contributed by atoms with E-state index in [4.69, 9.17) is 4.98 Å². The average Bonchev–Trinajstić information content (AvgIpc) is 2.80. The van der Waals surface area contributed by atoms with Gasteiger partial charge in [0.25, 0.3) is 0 Å². The number of aryl methyl sites for hydroxylation is 1. The number of hydrogen-bond donors (Lipinski definition) is 0. The molecular formula is C17H21N3. The number of para-hydroxylation sites is 1. The highest BCUT2D eigenvalue weighted by atomic mass is 15.3. The highest BCUT2D eigenvalue weighted by Gasteiger charge is 2.30. The van der Waals surface area contributed by atoms with Crippen molar-refractivity contribution in [3.8, 4) is 0 Å². The molecule has 0 atom stereocenters. The Balaban J connectivity index is 1.78. The molecule has 0 amide bonds. The van der Waals surface area contributed by atoms with Crippen molar-refractivity contribution < 1.29 is 0 Å². The monoisotopic (exact) mass is 267 g/mol. The molecule has 104 valence electrons. The van der Waals surface area contributed by atoms with Crippen LogP contribution in [0.3, 0.4) is 0 Å². The number of pyridine rings is 1. The van der Waals surface area contributed by atoms with E-state index in [0.717, 1.165) is 12.1 Å². The Kier molecular flexibility index (Phi) is 2.88. The molecule has 0 N–H and O–H groups in total. The lowest BCUT2D eigenvalue weighted by atomic mass is 10.0. The first-order valence-electron chi connectivity index (χ1n) is 7.67. The summed E-state index contributed by atoms with van der Waals surface area (Å²) in [6.45, 7) is 7.02. The second-order valence-corrected chi connectivity index (χ2v) is 6.09. The van der Waals surface area contributed by atoms with Gasteiger partial charge in [-0.3, -0.25) is 0 Å². The zero-order chi connectivity index (χ0) is 13.5. The van der Waals surface area contributed by atoms with Crippen LogP contribution in [0, 0.1) is 6.92 Å². The molecule has 3 aliphatic rings. The molecule has 3 aliphatic heterocycles. The van der Waals surface area contributed by atoms with E-state index in [1.807, 2.05) is 0 Å². The Labute approximate surface area is 120 Å². The molecule has 3 saturated heterocycles. The molecule has 0 saturated carbocycles. The summed E-state index contributed by atoms with van der Waals surface area (Å²) in [6, 6.07) is 11.4. The summed E-state index contributed by atoms with van der Waals surface area (Å²) in [5.74, 6) is 1.21. The predicted molar refractivity (Wildman–Crippen MR) is 83.3 cm³/mol. The van der Waals surface area contributed by atoms with E-state index in [9.17, 15) is 0 Å². The van der Waals surface area contributed by atoms with Gasteiger partial charge in [-0.1, -0.05) is 18.2 Å². The van der Waals surface area contributed by atoms with Crippen LogP contribution in [0.4, 0.5) is 5.82 Å². The van der Waals surface area contributed by atoms with Crippen LogP contribution in [0.25, 0.3) is 10.9 Å². The predicted octanol–water partition coefficient (Wildman–Crippen LogP) is 2.83. The second-order valence-electron chi connectivity index (χ2n) is 6.09. The summed E-state index contributed by atoms with van der Waals surface area (Å²) in [5, 5.41) is 1.25. The molecule has 0 aliphatic carbocycles. The molecule has 1 aromatic carbocycles. The fourth-order valence-electron chi connectivity index (χ4n) is 3.67. The van der Waals surface area contributed by atoms with E-state index in [2.05, 4.69) is 47.1 Å². The summed E-state index contributed by atoms with van der Waals surface area (Å²) in [4.78, 5) is 10.1. The Morgan fingerprint density at radius 1 is 1.05 bits per heavy atom. The number of nitrogens with zero attached hydrogens (tertiary/aromatic N) is 3. The van der Waals surface area contributed by atoms with Gasteiger partial charge in [0.1, 0.15) is 5.82 Å². The molecule has 20 heavy (non-hydrogen) atoms. The second kappa shape index (κ2) is 4.74. The van der Waals surface area contributed by atoms with Gasteiger partial charge in [-0.2, -0.15) is 0 Å². The van der Waals surface area contributed by atoms with Crippen LogP contribution < -0.4 is 4.90 Å². The van der Waals surface area contributed by atoms with Crippen LogP contribution in [0.1, 0.15) is 18.4 Å². The smallest absolute Gasteiger partial charge is 0.132 e. The first-order chi connectivity index (χ1) is 9.81. The first kappa shape index (κ1) is 12.2. The van der Waals surface area contributed by atoms with Gasteiger partial charge in [-0.15, -0.1) is 0 Å². The maximum atomic E-state index is 4.96. The Hall–Kier alpha value is -1.61. The zero-order valence-corrected chi connectivity index (χ0v) is 12.0. The lowest BCUT2D eigenvalue weighted by Gasteiger charge is -2.33. The van der Waals surface area contributed by atoms with Gasteiger partial charge in [-0.25, -0.2) is 4.98 Å². The standard InChI is InChI=1S/C17H21N3/c1-13-12-14-4-2-3-5-16(14)18-17(13)20-11-10-19-8-6-15(20)7-9-19/h2-5,12,15H,6-11H2,1H3. The molecule has 0 radical (unpaired) electrons. The molecule has 2 bridgehead atoms. The topological polar surface area (TPSA) is 19.4 Å². The van der Waals surface area contributed by atoms with Crippen molar-refractivity contribution in [2.24, 2.45) is 0 Å². The van der Waals surface area contributed by atoms with Gasteiger partial charge in [-0.05, 0) is 37.5 Å². The van der Waals surface area contributed by atoms with Crippen molar-refractivity contribution in [2.75, 3.05) is 31.1 Å². The van der Waals surface area contributed by atoms with E-state index < -0.39 is 0 Å². The molecule has 0 unspecified atom stereocenters. The molecule has 3 nitrogen and oxygen atoms in total. The van der Waals surface area contributed by atoms with Gasteiger partial charge in [0.05, 0.1) is 5.52 Å². The number of fused-ring (bicyclic) bond motifs is 5. The number of rotatable bonds is 1. The molecule has 4 heterocycles. The summed E-state index contributed by atoms with van der Waals surface area (Å²) in [7, 11) is 0.